The zero-order chi connectivity index (χ0) is 33.8. The second kappa shape index (κ2) is 10.8. The lowest BCUT2D eigenvalue weighted by Crippen LogP contribution is -2.01. The highest BCUT2D eigenvalue weighted by atomic mass is 35.6. The molecule has 238 valence electrons. The van der Waals surface area contributed by atoms with E-state index in [1.165, 1.54) is 0 Å². The Morgan fingerprint density at radius 3 is 1.24 bits per heavy atom. The van der Waals surface area contributed by atoms with Crippen molar-refractivity contribution in [1.82, 2.24) is 38.0 Å². The Morgan fingerprint density at radius 2 is 0.784 bits per heavy atom. The molecule has 2 aliphatic heterocycles. The first-order valence-electron chi connectivity index (χ1n) is 16.7. The molecule has 51 heavy (non-hydrogen) atoms. The van der Waals surface area contributed by atoms with Crippen LogP contribution < -0.4 is 0 Å². The first-order valence-corrected chi connectivity index (χ1v) is 19.5. The van der Waals surface area contributed by atoms with E-state index < -0.39 is 14.5 Å². The monoisotopic (exact) mass is 690 g/mol. The molecule has 0 saturated carbocycles. The molecule has 0 atom stereocenters. The summed E-state index contributed by atoms with van der Waals surface area (Å²) in [6.07, 6.45) is 0. The van der Waals surface area contributed by atoms with E-state index in [0.29, 0.717) is 23.3 Å². The third kappa shape index (κ3) is 4.20. The molecule has 0 radical (unpaired) electrons. The molecule has 0 fully saturated rings. The molecule has 2 aliphatic rings. The first-order chi connectivity index (χ1) is 25.1. The molecule has 9 aromatic rings. The Kier molecular flexibility index (Phi) is 6.08. The van der Waals surface area contributed by atoms with Gasteiger partial charge >= 0.3 is 14.5 Å². The van der Waals surface area contributed by atoms with Crippen molar-refractivity contribution in [3.63, 3.8) is 0 Å². The van der Waals surface area contributed by atoms with Crippen LogP contribution in [0.4, 0.5) is 0 Å². The van der Waals surface area contributed by atoms with E-state index in [1.807, 2.05) is 35.9 Å². The molecule has 0 N–H and O–H groups in total. The van der Waals surface area contributed by atoms with Gasteiger partial charge in [-0.15, -0.1) is 0 Å². The SMILES string of the molecule is Cn1c2nc3nc(nc4c5cc6ccccc6cc5c(nc5nc(nc1c1ccccc12)-c1cc2ccccc2cc1-5)[n]4[AlH][Cl])-c1ccccc1-3. The predicted octanol–water partition coefficient (Wildman–Crippen LogP) is 9.01. The van der Waals surface area contributed by atoms with Gasteiger partial charge in [0.25, 0.3) is 0 Å². The van der Waals surface area contributed by atoms with E-state index in [-0.39, 0.29) is 0 Å². The summed E-state index contributed by atoms with van der Waals surface area (Å²) in [5.74, 6) is 2.37. The zero-order valence-corrected chi connectivity index (χ0v) is 29.4. The first kappa shape index (κ1) is 28.8. The summed E-state index contributed by atoms with van der Waals surface area (Å²) in [5.41, 5.74) is 6.66. The molecule has 0 amide bonds. The molecule has 0 spiro atoms. The Morgan fingerprint density at radius 1 is 0.412 bits per heavy atom. The van der Waals surface area contributed by atoms with Crippen molar-refractivity contribution in [3.05, 3.63) is 121 Å². The largest absolute Gasteiger partial charge is 0.527 e. The van der Waals surface area contributed by atoms with E-state index in [0.717, 1.165) is 87.9 Å². The van der Waals surface area contributed by atoms with Gasteiger partial charge in [0.2, 0.25) is 0 Å². The molecule has 6 aromatic carbocycles. The Hall–Kier alpha value is -5.98. The van der Waals surface area contributed by atoms with E-state index in [2.05, 4.69) is 101 Å². The van der Waals surface area contributed by atoms with Gasteiger partial charge in [-0.2, -0.15) is 0 Å². The van der Waals surface area contributed by atoms with Gasteiger partial charge in [0.15, 0.2) is 23.3 Å². The van der Waals surface area contributed by atoms with Crippen molar-refractivity contribution in [2.75, 3.05) is 0 Å². The average Bonchev–Trinajstić information content (AvgIpc) is 3.85. The lowest BCUT2D eigenvalue weighted by molar-refractivity contribution is 0.966. The van der Waals surface area contributed by atoms with Crippen LogP contribution in [0, 0.1) is 0 Å². The molecule has 11 rings (SSSR count). The number of halogens is 1. The number of aromatic nitrogens is 8. The maximum absolute atomic E-state index is 6.99. The van der Waals surface area contributed by atoms with Crippen LogP contribution in [-0.4, -0.2) is 52.5 Å². The lowest BCUT2D eigenvalue weighted by atomic mass is 10.0. The third-order valence-electron chi connectivity index (χ3n) is 10.1. The standard InChI is InChI=1S/C41H23N8.Al.ClH.H/c1-49-40-28-16-8-9-17-29(28)41(49)48-39-33-21-25-13-5-4-12-24(25)20-32(33)38(46-39)45-37-31-19-23-11-3-2-10-22(23)18-30(31)36(44-37)43-34-26-14-6-7-15-27(26)35(42-34)47-40;;;/h2-21H,1H3;;1H;/q-1;+2;;/p-1. The predicted molar refractivity (Wildman–Crippen MR) is 208 cm³/mol. The van der Waals surface area contributed by atoms with Gasteiger partial charge in [-0.25, -0.2) is 40.0 Å². The van der Waals surface area contributed by atoms with Gasteiger partial charge in [-0.05, 0) is 45.8 Å². The number of benzene rings is 6. The van der Waals surface area contributed by atoms with Crippen LogP contribution in [0.3, 0.4) is 0 Å². The van der Waals surface area contributed by atoms with E-state index in [4.69, 9.17) is 40.0 Å². The minimum Gasteiger partial charge on any atom is -0.392 e. The Balaban J connectivity index is 1.40. The molecule has 10 heteroatoms. The van der Waals surface area contributed by atoms with Crippen molar-refractivity contribution in [2.45, 2.75) is 0 Å². The summed E-state index contributed by atoms with van der Waals surface area (Å²) in [6.45, 7) is 0. The fraction of sp³-hybridized carbons (Fsp3) is 0.0244. The number of hydrogen-bond donors (Lipinski definition) is 0. The van der Waals surface area contributed by atoms with Gasteiger partial charge in [0.1, 0.15) is 22.6 Å². The summed E-state index contributed by atoms with van der Waals surface area (Å²) in [4.78, 5) is 31.6. The van der Waals surface area contributed by atoms with Crippen molar-refractivity contribution in [1.29, 1.82) is 0 Å². The highest BCUT2D eigenvalue weighted by Gasteiger charge is 2.24. The molecular weight excluding hydrogens is 667 g/mol. The summed E-state index contributed by atoms with van der Waals surface area (Å²) >= 11 is -1.41. The summed E-state index contributed by atoms with van der Waals surface area (Å²) < 4.78 is 4.12. The summed E-state index contributed by atoms with van der Waals surface area (Å²) in [7, 11) is 8.99. The van der Waals surface area contributed by atoms with Crippen LogP contribution in [0.1, 0.15) is 0 Å². The minimum absolute atomic E-state index is 0.587. The number of nitrogens with zero attached hydrogens (tertiary/aromatic N) is 8. The smallest absolute Gasteiger partial charge is 0.392 e. The number of hydrogen-bond acceptors (Lipinski definition) is 6. The number of aryl methyl sites for hydroxylation is 1. The van der Waals surface area contributed by atoms with Crippen molar-refractivity contribution in [2.24, 2.45) is 7.05 Å². The second-order valence-electron chi connectivity index (χ2n) is 12.9. The fourth-order valence-electron chi connectivity index (χ4n) is 7.63. The zero-order valence-electron chi connectivity index (χ0n) is 27.2. The van der Waals surface area contributed by atoms with Gasteiger partial charge < -0.3 is 8.12 Å². The van der Waals surface area contributed by atoms with Crippen LogP contribution in [0.2, 0.25) is 0 Å². The molecule has 0 aliphatic carbocycles. The van der Waals surface area contributed by atoms with E-state index in [1.54, 1.807) is 0 Å². The molecule has 8 bridgehead atoms. The lowest BCUT2D eigenvalue weighted by Gasteiger charge is -2.04. The maximum Gasteiger partial charge on any atom is 0.527 e. The number of fused-ring (bicyclic) bond motifs is 22. The summed E-state index contributed by atoms with van der Waals surface area (Å²) in [5, 5.41) is 8.30. The third-order valence-corrected chi connectivity index (χ3v) is 11.6. The van der Waals surface area contributed by atoms with Crippen LogP contribution >= 0.6 is 10.0 Å². The topological polar surface area (TPSA) is 87.2 Å². The van der Waals surface area contributed by atoms with E-state index >= 15 is 0 Å². The van der Waals surface area contributed by atoms with Gasteiger partial charge in [0.05, 0.1) is 0 Å². The van der Waals surface area contributed by atoms with E-state index in [9.17, 15) is 0 Å². The quantitative estimate of drug-likeness (QED) is 0.160. The number of rotatable bonds is 1. The minimum atomic E-state index is -1.41. The highest BCUT2D eigenvalue weighted by molar-refractivity contribution is 6.93. The normalized spacial score (nSPS) is 12.1. The molecule has 0 unspecified atom stereocenters. The molecular formula is C41H24AlClN8. The van der Waals surface area contributed by atoms with Crippen molar-refractivity contribution < 1.29 is 0 Å². The van der Waals surface area contributed by atoms with Gasteiger partial charge in [0, 0.05) is 50.8 Å². The average molecular weight is 691 g/mol. The van der Waals surface area contributed by atoms with Crippen molar-refractivity contribution >= 4 is 90.2 Å². The van der Waals surface area contributed by atoms with Gasteiger partial charge in [-0.1, -0.05) is 97.1 Å². The second-order valence-corrected chi connectivity index (χ2v) is 14.5. The van der Waals surface area contributed by atoms with Crippen LogP contribution in [-0.2, 0) is 7.05 Å². The highest BCUT2D eigenvalue weighted by Crippen LogP contribution is 2.40. The van der Waals surface area contributed by atoms with Crippen LogP contribution in [0.25, 0.3) is 111 Å². The fourth-order valence-corrected chi connectivity index (χ4v) is 9.02. The molecule has 3 aromatic heterocycles. The summed E-state index contributed by atoms with van der Waals surface area (Å²) in [6, 6.07) is 41.8. The van der Waals surface area contributed by atoms with Crippen LogP contribution in [0.15, 0.2) is 121 Å². The Bertz CT molecular complexity index is 3170. The van der Waals surface area contributed by atoms with Crippen molar-refractivity contribution in [3.8, 4) is 45.6 Å². The molecule has 8 nitrogen and oxygen atoms in total. The maximum atomic E-state index is 6.99. The van der Waals surface area contributed by atoms with Gasteiger partial charge in [-0.3, -0.25) is 0 Å². The van der Waals surface area contributed by atoms with Crippen LogP contribution in [0.5, 0.6) is 0 Å². The Labute approximate surface area is 300 Å². The molecule has 0 saturated heterocycles. The molecule has 5 heterocycles.